The Labute approximate surface area is 109 Å². The van der Waals surface area contributed by atoms with E-state index in [4.69, 9.17) is 14.2 Å². The van der Waals surface area contributed by atoms with Gasteiger partial charge in [-0.1, -0.05) is 6.92 Å². The minimum absolute atomic E-state index is 0.212. The van der Waals surface area contributed by atoms with Gasteiger partial charge in [-0.3, -0.25) is 4.79 Å². The maximum atomic E-state index is 11.5. The van der Waals surface area contributed by atoms with E-state index in [1.165, 1.54) is 7.11 Å². The van der Waals surface area contributed by atoms with Crippen LogP contribution >= 0.6 is 0 Å². The fraction of sp³-hybridized carbons (Fsp3) is 0.923. The Balaban J connectivity index is 2.13. The number of esters is 1. The van der Waals surface area contributed by atoms with E-state index >= 15 is 0 Å². The second-order valence-electron chi connectivity index (χ2n) is 4.62. The summed E-state index contributed by atoms with van der Waals surface area (Å²) < 4.78 is 15.6. The first kappa shape index (κ1) is 15.4. The standard InChI is InChI=1S/C13H25NO4/c1-3-6-14-12(13(15)16-2)5-8-18-10-11-4-7-17-9-11/h11-12,14H,3-10H2,1-2H3. The first-order valence-electron chi connectivity index (χ1n) is 6.74. The van der Waals surface area contributed by atoms with Gasteiger partial charge in [0.2, 0.25) is 0 Å². The number of methoxy groups -OCH3 is 1. The topological polar surface area (TPSA) is 56.8 Å². The molecule has 0 radical (unpaired) electrons. The Morgan fingerprint density at radius 1 is 1.56 bits per heavy atom. The van der Waals surface area contributed by atoms with Gasteiger partial charge in [0.05, 0.1) is 20.3 Å². The molecule has 106 valence electrons. The van der Waals surface area contributed by atoms with Gasteiger partial charge in [-0.05, 0) is 25.8 Å². The lowest BCUT2D eigenvalue weighted by Gasteiger charge is -2.16. The molecule has 0 spiro atoms. The highest BCUT2D eigenvalue weighted by Crippen LogP contribution is 2.12. The van der Waals surface area contributed by atoms with Crippen LogP contribution in [0.2, 0.25) is 0 Å². The first-order valence-corrected chi connectivity index (χ1v) is 6.74. The second-order valence-corrected chi connectivity index (χ2v) is 4.62. The van der Waals surface area contributed by atoms with E-state index in [1.807, 2.05) is 0 Å². The summed E-state index contributed by atoms with van der Waals surface area (Å²) in [6.45, 7) is 5.83. The molecule has 5 nitrogen and oxygen atoms in total. The minimum atomic E-state index is -0.255. The van der Waals surface area contributed by atoms with Crippen molar-refractivity contribution in [1.29, 1.82) is 0 Å². The van der Waals surface area contributed by atoms with Crippen LogP contribution in [0.5, 0.6) is 0 Å². The molecule has 18 heavy (non-hydrogen) atoms. The summed E-state index contributed by atoms with van der Waals surface area (Å²) >= 11 is 0. The molecular weight excluding hydrogens is 234 g/mol. The van der Waals surface area contributed by atoms with Gasteiger partial charge in [-0.2, -0.15) is 0 Å². The molecule has 0 aliphatic carbocycles. The van der Waals surface area contributed by atoms with Crippen LogP contribution in [0.15, 0.2) is 0 Å². The van der Waals surface area contributed by atoms with E-state index in [9.17, 15) is 4.79 Å². The van der Waals surface area contributed by atoms with E-state index in [0.717, 1.165) is 39.2 Å². The number of carbonyl (C=O) groups excluding carboxylic acids is 1. The number of rotatable bonds is 9. The number of hydrogen-bond acceptors (Lipinski definition) is 5. The predicted octanol–water partition coefficient (Wildman–Crippen LogP) is 0.971. The summed E-state index contributed by atoms with van der Waals surface area (Å²) in [5.74, 6) is 0.307. The van der Waals surface area contributed by atoms with Crippen molar-refractivity contribution >= 4 is 5.97 Å². The van der Waals surface area contributed by atoms with Gasteiger partial charge in [0, 0.05) is 19.1 Å². The van der Waals surface area contributed by atoms with Gasteiger partial charge in [-0.15, -0.1) is 0 Å². The molecule has 0 aromatic heterocycles. The summed E-state index contributed by atoms with van der Waals surface area (Å²) in [5, 5.41) is 3.17. The fourth-order valence-corrected chi connectivity index (χ4v) is 1.93. The highest BCUT2D eigenvalue weighted by atomic mass is 16.5. The summed E-state index contributed by atoms with van der Waals surface area (Å²) in [6, 6.07) is -0.255. The van der Waals surface area contributed by atoms with Crippen molar-refractivity contribution in [2.75, 3.05) is 40.1 Å². The smallest absolute Gasteiger partial charge is 0.322 e. The van der Waals surface area contributed by atoms with Gasteiger partial charge in [0.25, 0.3) is 0 Å². The Morgan fingerprint density at radius 3 is 3.00 bits per heavy atom. The highest BCUT2D eigenvalue weighted by Gasteiger charge is 2.19. The number of nitrogens with one attached hydrogen (secondary N) is 1. The average Bonchev–Trinajstić information content (AvgIpc) is 2.90. The third kappa shape index (κ3) is 5.80. The van der Waals surface area contributed by atoms with Crippen LogP contribution < -0.4 is 5.32 Å². The average molecular weight is 259 g/mol. The minimum Gasteiger partial charge on any atom is -0.468 e. The molecule has 1 N–H and O–H groups in total. The van der Waals surface area contributed by atoms with Crippen molar-refractivity contribution in [3.63, 3.8) is 0 Å². The largest absolute Gasteiger partial charge is 0.468 e. The molecule has 0 aromatic rings. The molecule has 1 fully saturated rings. The van der Waals surface area contributed by atoms with E-state index < -0.39 is 0 Å². The lowest BCUT2D eigenvalue weighted by Crippen LogP contribution is -2.39. The lowest BCUT2D eigenvalue weighted by molar-refractivity contribution is -0.143. The Hall–Kier alpha value is -0.650. The Morgan fingerprint density at radius 2 is 2.39 bits per heavy atom. The molecule has 0 amide bonds. The molecule has 0 saturated carbocycles. The quantitative estimate of drug-likeness (QED) is 0.494. The van der Waals surface area contributed by atoms with Gasteiger partial charge in [0.15, 0.2) is 0 Å². The van der Waals surface area contributed by atoms with Crippen LogP contribution in [0.25, 0.3) is 0 Å². The maximum Gasteiger partial charge on any atom is 0.322 e. The third-order valence-electron chi connectivity index (χ3n) is 3.05. The van der Waals surface area contributed by atoms with Crippen LogP contribution in [-0.2, 0) is 19.0 Å². The zero-order chi connectivity index (χ0) is 13.2. The van der Waals surface area contributed by atoms with Gasteiger partial charge in [-0.25, -0.2) is 0 Å². The van der Waals surface area contributed by atoms with Gasteiger partial charge in [0.1, 0.15) is 6.04 Å². The molecule has 1 heterocycles. The van der Waals surface area contributed by atoms with E-state index in [0.29, 0.717) is 18.9 Å². The van der Waals surface area contributed by atoms with Crippen molar-refractivity contribution in [3.05, 3.63) is 0 Å². The highest BCUT2D eigenvalue weighted by molar-refractivity contribution is 5.75. The zero-order valence-electron chi connectivity index (χ0n) is 11.4. The molecule has 0 aromatic carbocycles. The molecule has 1 aliphatic rings. The van der Waals surface area contributed by atoms with E-state index in [2.05, 4.69) is 12.2 Å². The normalized spacial score (nSPS) is 20.9. The number of ether oxygens (including phenoxy) is 3. The molecular formula is C13H25NO4. The molecule has 1 rings (SSSR count). The molecule has 2 atom stereocenters. The second kappa shape index (κ2) is 9.30. The molecule has 2 unspecified atom stereocenters. The summed E-state index contributed by atoms with van der Waals surface area (Å²) in [5.41, 5.74) is 0. The summed E-state index contributed by atoms with van der Waals surface area (Å²) in [4.78, 5) is 11.5. The number of carbonyl (C=O) groups is 1. The van der Waals surface area contributed by atoms with Crippen molar-refractivity contribution < 1.29 is 19.0 Å². The molecule has 1 aliphatic heterocycles. The van der Waals surface area contributed by atoms with Crippen molar-refractivity contribution in [2.45, 2.75) is 32.2 Å². The van der Waals surface area contributed by atoms with E-state index in [-0.39, 0.29) is 12.0 Å². The molecule has 1 saturated heterocycles. The Kier molecular flexibility index (Phi) is 7.96. The predicted molar refractivity (Wildman–Crippen MR) is 68.5 cm³/mol. The van der Waals surface area contributed by atoms with Crippen LogP contribution in [0.3, 0.4) is 0 Å². The zero-order valence-corrected chi connectivity index (χ0v) is 11.4. The van der Waals surface area contributed by atoms with Crippen LogP contribution in [0.4, 0.5) is 0 Å². The Bertz CT molecular complexity index is 229. The fourth-order valence-electron chi connectivity index (χ4n) is 1.93. The van der Waals surface area contributed by atoms with Gasteiger partial charge >= 0.3 is 5.97 Å². The van der Waals surface area contributed by atoms with Crippen molar-refractivity contribution in [2.24, 2.45) is 5.92 Å². The SMILES string of the molecule is CCCNC(CCOCC1CCOC1)C(=O)OC. The summed E-state index contributed by atoms with van der Waals surface area (Å²) in [6.07, 6.45) is 2.72. The van der Waals surface area contributed by atoms with Gasteiger partial charge < -0.3 is 19.5 Å². The number of hydrogen-bond donors (Lipinski definition) is 1. The first-order chi connectivity index (χ1) is 8.77. The molecule has 0 bridgehead atoms. The third-order valence-corrected chi connectivity index (χ3v) is 3.05. The van der Waals surface area contributed by atoms with E-state index in [1.54, 1.807) is 0 Å². The molecule has 5 heteroatoms. The van der Waals surface area contributed by atoms with Crippen molar-refractivity contribution in [3.8, 4) is 0 Å². The lowest BCUT2D eigenvalue weighted by atomic mass is 10.1. The van der Waals surface area contributed by atoms with Crippen LogP contribution in [0.1, 0.15) is 26.2 Å². The van der Waals surface area contributed by atoms with Crippen molar-refractivity contribution in [1.82, 2.24) is 5.32 Å². The van der Waals surface area contributed by atoms with Crippen LogP contribution in [-0.4, -0.2) is 52.1 Å². The monoisotopic (exact) mass is 259 g/mol. The maximum absolute atomic E-state index is 11.5. The summed E-state index contributed by atoms with van der Waals surface area (Å²) in [7, 11) is 1.42. The van der Waals surface area contributed by atoms with Crippen LogP contribution in [0, 0.1) is 5.92 Å².